The Morgan fingerprint density at radius 2 is 2.31 bits per heavy atom. The molecule has 1 N–H and O–H groups in total. The number of rotatable bonds is 1. The summed E-state index contributed by atoms with van der Waals surface area (Å²) < 4.78 is 1.20. The molecule has 1 aliphatic rings. The SMILES string of the molecule is CC1=CN(c2cccc(I)c2)NO1. The number of hydrogen-bond donors (Lipinski definition) is 1. The van der Waals surface area contributed by atoms with Crippen molar-refractivity contribution in [1.82, 2.24) is 5.59 Å². The maximum absolute atomic E-state index is 5.09. The van der Waals surface area contributed by atoms with Gasteiger partial charge in [-0.1, -0.05) is 11.7 Å². The summed E-state index contributed by atoms with van der Waals surface area (Å²) in [5, 5.41) is 1.84. The van der Waals surface area contributed by atoms with Crippen LogP contribution in [0.1, 0.15) is 6.92 Å². The van der Waals surface area contributed by atoms with E-state index in [2.05, 4.69) is 40.3 Å². The molecule has 0 aromatic heterocycles. The fourth-order valence-electron chi connectivity index (χ4n) is 1.11. The van der Waals surface area contributed by atoms with Crippen LogP contribution in [0, 0.1) is 3.57 Å². The van der Waals surface area contributed by atoms with Gasteiger partial charge in [-0.05, 0) is 47.7 Å². The molecule has 68 valence electrons. The van der Waals surface area contributed by atoms with Crippen molar-refractivity contribution < 1.29 is 4.84 Å². The van der Waals surface area contributed by atoms with Crippen LogP contribution in [-0.4, -0.2) is 0 Å². The van der Waals surface area contributed by atoms with Crippen LogP contribution in [0.5, 0.6) is 0 Å². The molecule has 0 saturated heterocycles. The second-order valence-corrected chi connectivity index (χ2v) is 4.03. The van der Waals surface area contributed by atoms with Gasteiger partial charge in [0.05, 0.1) is 11.9 Å². The van der Waals surface area contributed by atoms with Crippen molar-refractivity contribution in [2.24, 2.45) is 0 Å². The lowest BCUT2D eigenvalue weighted by Gasteiger charge is -2.13. The molecule has 1 aromatic rings. The number of hydrazine groups is 1. The molecule has 0 unspecified atom stereocenters. The first-order valence-electron chi connectivity index (χ1n) is 3.91. The lowest BCUT2D eigenvalue weighted by atomic mass is 10.3. The Bertz CT molecular complexity index is 351. The highest BCUT2D eigenvalue weighted by Crippen LogP contribution is 2.19. The van der Waals surface area contributed by atoms with E-state index in [1.807, 2.05) is 30.3 Å². The number of halogens is 1. The van der Waals surface area contributed by atoms with Crippen LogP contribution in [0.2, 0.25) is 0 Å². The Balaban J connectivity index is 2.26. The highest BCUT2D eigenvalue weighted by molar-refractivity contribution is 14.1. The summed E-state index contributed by atoms with van der Waals surface area (Å²) in [6, 6.07) is 8.16. The first-order chi connectivity index (χ1) is 6.25. The Morgan fingerprint density at radius 3 is 2.92 bits per heavy atom. The maximum atomic E-state index is 5.09. The molecular weight excluding hydrogens is 279 g/mol. The fourth-order valence-corrected chi connectivity index (χ4v) is 1.64. The first-order valence-corrected chi connectivity index (χ1v) is 4.99. The predicted molar refractivity (Wildman–Crippen MR) is 59.6 cm³/mol. The van der Waals surface area contributed by atoms with Crippen molar-refractivity contribution in [3.63, 3.8) is 0 Å². The van der Waals surface area contributed by atoms with E-state index in [0.717, 1.165) is 11.4 Å². The maximum Gasteiger partial charge on any atom is 0.141 e. The Morgan fingerprint density at radius 1 is 1.46 bits per heavy atom. The number of nitrogens with one attached hydrogen (secondary N) is 1. The van der Waals surface area contributed by atoms with E-state index in [1.54, 1.807) is 0 Å². The molecule has 0 bridgehead atoms. The fraction of sp³-hybridized carbons (Fsp3) is 0.111. The van der Waals surface area contributed by atoms with Gasteiger partial charge < -0.3 is 4.84 Å². The monoisotopic (exact) mass is 288 g/mol. The molecule has 4 heteroatoms. The molecule has 0 saturated carbocycles. The Labute approximate surface area is 90.4 Å². The standard InChI is InChI=1S/C9H9IN2O/c1-7-6-12(11-13-7)9-4-2-3-8(10)5-9/h2-6,11H,1H3. The van der Waals surface area contributed by atoms with E-state index < -0.39 is 0 Å². The molecule has 3 nitrogen and oxygen atoms in total. The third-order valence-electron chi connectivity index (χ3n) is 1.70. The van der Waals surface area contributed by atoms with Crippen molar-refractivity contribution in [2.75, 3.05) is 5.01 Å². The van der Waals surface area contributed by atoms with Gasteiger partial charge in [-0.2, -0.15) is 0 Å². The van der Waals surface area contributed by atoms with Gasteiger partial charge in [0.15, 0.2) is 0 Å². The second kappa shape index (κ2) is 3.55. The van der Waals surface area contributed by atoms with E-state index in [1.165, 1.54) is 3.57 Å². The largest absolute Gasteiger partial charge is 0.392 e. The summed E-state index contributed by atoms with van der Waals surface area (Å²) in [6.45, 7) is 1.90. The van der Waals surface area contributed by atoms with E-state index in [-0.39, 0.29) is 0 Å². The van der Waals surface area contributed by atoms with Crippen LogP contribution in [0.25, 0.3) is 0 Å². The minimum Gasteiger partial charge on any atom is -0.392 e. The molecule has 0 spiro atoms. The minimum atomic E-state index is 0.860. The third kappa shape index (κ3) is 1.94. The predicted octanol–water partition coefficient (Wildman–Crippen LogP) is 2.41. The zero-order chi connectivity index (χ0) is 9.26. The molecule has 0 atom stereocenters. The summed E-state index contributed by atoms with van der Waals surface area (Å²) in [6.07, 6.45) is 1.91. The number of anilines is 1. The van der Waals surface area contributed by atoms with Crippen LogP contribution in [0.3, 0.4) is 0 Å². The lowest BCUT2D eigenvalue weighted by Crippen LogP contribution is -2.26. The van der Waals surface area contributed by atoms with E-state index in [9.17, 15) is 0 Å². The smallest absolute Gasteiger partial charge is 0.141 e. The number of allylic oxidation sites excluding steroid dienone is 1. The highest BCUT2D eigenvalue weighted by Gasteiger charge is 2.11. The van der Waals surface area contributed by atoms with Gasteiger partial charge in [0.2, 0.25) is 0 Å². The third-order valence-corrected chi connectivity index (χ3v) is 2.37. The van der Waals surface area contributed by atoms with Crippen molar-refractivity contribution in [3.8, 4) is 0 Å². The highest BCUT2D eigenvalue weighted by atomic mass is 127. The van der Waals surface area contributed by atoms with Gasteiger partial charge in [0, 0.05) is 3.57 Å². The van der Waals surface area contributed by atoms with Crippen LogP contribution < -0.4 is 10.6 Å². The zero-order valence-electron chi connectivity index (χ0n) is 7.12. The molecule has 2 rings (SSSR count). The molecule has 13 heavy (non-hydrogen) atoms. The lowest BCUT2D eigenvalue weighted by molar-refractivity contribution is 0.132. The van der Waals surface area contributed by atoms with Crippen molar-refractivity contribution >= 4 is 28.3 Å². The Hall–Kier alpha value is -0.750. The van der Waals surface area contributed by atoms with Crippen LogP contribution >= 0.6 is 22.6 Å². The van der Waals surface area contributed by atoms with Crippen LogP contribution in [-0.2, 0) is 4.84 Å². The molecule has 1 aromatic carbocycles. The summed E-state index contributed by atoms with van der Waals surface area (Å²) >= 11 is 2.28. The van der Waals surface area contributed by atoms with Gasteiger partial charge in [0.1, 0.15) is 5.76 Å². The van der Waals surface area contributed by atoms with Crippen LogP contribution in [0.15, 0.2) is 36.2 Å². The summed E-state index contributed by atoms with van der Waals surface area (Å²) in [7, 11) is 0. The molecule has 0 radical (unpaired) electrons. The zero-order valence-corrected chi connectivity index (χ0v) is 9.28. The summed E-state index contributed by atoms with van der Waals surface area (Å²) in [5.41, 5.74) is 3.86. The number of nitrogens with zero attached hydrogens (tertiary/aromatic N) is 1. The normalized spacial score (nSPS) is 15.5. The Kier molecular flexibility index (Phi) is 2.41. The van der Waals surface area contributed by atoms with Gasteiger partial charge >= 0.3 is 0 Å². The quantitative estimate of drug-likeness (QED) is 0.803. The summed E-state index contributed by atoms with van der Waals surface area (Å²) in [5.74, 6) is 0.860. The minimum absolute atomic E-state index is 0.860. The van der Waals surface area contributed by atoms with Crippen molar-refractivity contribution in [1.29, 1.82) is 0 Å². The summed E-state index contributed by atoms with van der Waals surface area (Å²) in [4.78, 5) is 5.09. The molecule has 0 amide bonds. The molecule has 0 aliphatic carbocycles. The molecule has 1 heterocycles. The first kappa shape index (κ1) is 8.83. The van der Waals surface area contributed by atoms with Gasteiger partial charge in [-0.25, -0.2) is 5.01 Å². The topological polar surface area (TPSA) is 24.5 Å². The van der Waals surface area contributed by atoms with Gasteiger partial charge in [-0.3, -0.25) is 0 Å². The molecule has 1 aliphatic heterocycles. The number of hydrogen-bond acceptors (Lipinski definition) is 3. The average Bonchev–Trinajstić information content (AvgIpc) is 2.52. The average molecular weight is 288 g/mol. The second-order valence-electron chi connectivity index (χ2n) is 2.78. The van der Waals surface area contributed by atoms with E-state index in [0.29, 0.717) is 0 Å². The van der Waals surface area contributed by atoms with E-state index >= 15 is 0 Å². The van der Waals surface area contributed by atoms with Crippen LogP contribution in [0.4, 0.5) is 5.69 Å². The number of benzene rings is 1. The van der Waals surface area contributed by atoms with Crippen molar-refractivity contribution in [3.05, 3.63) is 39.8 Å². The van der Waals surface area contributed by atoms with Gasteiger partial charge in [-0.15, -0.1) is 0 Å². The van der Waals surface area contributed by atoms with Gasteiger partial charge in [0.25, 0.3) is 0 Å². The molecule has 0 fully saturated rings. The van der Waals surface area contributed by atoms with E-state index in [4.69, 9.17) is 4.84 Å². The molecular formula is C9H9IN2O. The van der Waals surface area contributed by atoms with Crippen molar-refractivity contribution in [2.45, 2.75) is 6.92 Å².